The summed E-state index contributed by atoms with van der Waals surface area (Å²) in [5, 5.41) is 3.88. The van der Waals surface area contributed by atoms with E-state index in [0.717, 1.165) is 35.5 Å². The molecule has 0 spiro atoms. The number of carbonyl (C=O) groups excluding carboxylic acids is 1. The van der Waals surface area contributed by atoms with Gasteiger partial charge in [0, 0.05) is 10.6 Å². The molecule has 1 aliphatic rings. The van der Waals surface area contributed by atoms with Crippen molar-refractivity contribution in [1.82, 2.24) is 0 Å². The number of fused-ring (bicyclic) bond motifs is 1. The summed E-state index contributed by atoms with van der Waals surface area (Å²) in [5.74, 6) is 0.615. The Morgan fingerprint density at radius 2 is 1.93 bits per heavy atom. The van der Waals surface area contributed by atoms with E-state index in [-0.39, 0.29) is 5.91 Å². The van der Waals surface area contributed by atoms with Crippen molar-refractivity contribution in [2.45, 2.75) is 52.4 Å². The molecular formula is C24H26N2O2S. The Labute approximate surface area is 175 Å². The Kier molecular flexibility index (Phi) is 5.95. The van der Waals surface area contributed by atoms with Gasteiger partial charge in [0.2, 0.25) is 0 Å². The average Bonchev–Trinajstić information content (AvgIpc) is 3.31. The van der Waals surface area contributed by atoms with Crippen molar-refractivity contribution in [2.75, 3.05) is 5.32 Å². The lowest BCUT2D eigenvalue weighted by Gasteiger charge is -2.12. The highest BCUT2D eigenvalue weighted by atomic mass is 32.1. The first kappa shape index (κ1) is 19.6. The third kappa shape index (κ3) is 4.51. The predicted octanol–water partition coefficient (Wildman–Crippen LogP) is 6.62. The van der Waals surface area contributed by atoms with Crippen molar-refractivity contribution in [3.63, 3.8) is 0 Å². The van der Waals surface area contributed by atoms with E-state index in [1.165, 1.54) is 40.8 Å². The van der Waals surface area contributed by atoms with Gasteiger partial charge in [-0.3, -0.25) is 4.79 Å². The molecular weight excluding hydrogens is 380 g/mol. The number of rotatable bonds is 4. The second-order valence-electron chi connectivity index (χ2n) is 7.62. The third-order valence-corrected chi connectivity index (χ3v) is 6.70. The topological polar surface area (TPSA) is 54.6 Å². The van der Waals surface area contributed by atoms with E-state index in [1.807, 2.05) is 30.3 Å². The number of hydrogen-bond donors (Lipinski definition) is 1. The molecule has 0 saturated heterocycles. The Morgan fingerprint density at radius 3 is 2.69 bits per heavy atom. The molecule has 1 amide bonds. The zero-order valence-electron chi connectivity index (χ0n) is 17.0. The van der Waals surface area contributed by atoms with Gasteiger partial charge in [-0.25, -0.2) is 4.99 Å². The lowest BCUT2D eigenvalue weighted by molar-refractivity contribution is 0.102. The van der Waals surface area contributed by atoms with Gasteiger partial charge in [-0.2, -0.15) is 0 Å². The summed E-state index contributed by atoms with van der Waals surface area (Å²) in [6, 6.07) is 9.72. The van der Waals surface area contributed by atoms with Gasteiger partial charge in [0.25, 0.3) is 5.91 Å². The van der Waals surface area contributed by atoms with Crippen molar-refractivity contribution in [1.29, 1.82) is 0 Å². The molecule has 2 heterocycles. The molecule has 0 bridgehead atoms. The van der Waals surface area contributed by atoms with Gasteiger partial charge >= 0.3 is 0 Å². The van der Waals surface area contributed by atoms with Crippen LogP contribution < -0.4 is 5.32 Å². The number of nitrogens with one attached hydrogen (secondary N) is 1. The second-order valence-corrected chi connectivity index (χ2v) is 8.71. The summed E-state index contributed by atoms with van der Waals surface area (Å²) in [5.41, 5.74) is 5.12. The van der Waals surface area contributed by atoms with Gasteiger partial charge in [-0.15, -0.1) is 11.3 Å². The van der Waals surface area contributed by atoms with Crippen LogP contribution in [0.25, 0.3) is 0 Å². The summed E-state index contributed by atoms with van der Waals surface area (Å²) in [6.07, 6.45) is 10.1. The fourth-order valence-corrected chi connectivity index (χ4v) is 4.96. The van der Waals surface area contributed by atoms with Crippen LogP contribution in [0.2, 0.25) is 0 Å². The van der Waals surface area contributed by atoms with E-state index < -0.39 is 0 Å². The van der Waals surface area contributed by atoms with Crippen LogP contribution in [0.15, 0.2) is 46.0 Å². The zero-order valence-corrected chi connectivity index (χ0v) is 17.8. The maximum Gasteiger partial charge on any atom is 0.259 e. The monoisotopic (exact) mass is 406 g/mol. The van der Waals surface area contributed by atoms with Crippen LogP contribution in [0.1, 0.15) is 63.4 Å². The Balaban J connectivity index is 1.70. The Hall–Kier alpha value is -2.66. The Morgan fingerprint density at radius 1 is 1.10 bits per heavy atom. The molecule has 4 rings (SSSR count). The molecule has 0 atom stereocenters. The molecule has 150 valence electrons. The third-order valence-electron chi connectivity index (χ3n) is 5.50. The van der Waals surface area contributed by atoms with Gasteiger partial charge in [0.1, 0.15) is 10.8 Å². The first-order valence-electron chi connectivity index (χ1n) is 10.2. The molecule has 0 aliphatic heterocycles. The highest BCUT2D eigenvalue weighted by Crippen LogP contribution is 2.39. The molecule has 0 fully saturated rings. The van der Waals surface area contributed by atoms with Crippen molar-refractivity contribution in [3.05, 3.63) is 69.5 Å². The lowest BCUT2D eigenvalue weighted by Crippen LogP contribution is -2.14. The maximum absolute atomic E-state index is 13.3. The standard InChI is InChI=1S/C24H26N2O2S/c1-16-11-12-18(14-17(16)2)26-23(27)22-20-9-5-3-4-6-10-21(20)29-24(22)25-15-19-8-7-13-28-19/h7-8,11-15H,3-6,9-10H2,1-2H3,(H,26,27). The summed E-state index contributed by atoms with van der Waals surface area (Å²) in [6.45, 7) is 4.13. The van der Waals surface area contributed by atoms with E-state index in [2.05, 4.69) is 24.2 Å². The van der Waals surface area contributed by atoms with Crippen LogP contribution in [0, 0.1) is 13.8 Å². The molecule has 1 aliphatic carbocycles. The average molecular weight is 407 g/mol. The van der Waals surface area contributed by atoms with Gasteiger partial charge < -0.3 is 9.73 Å². The summed E-state index contributed by atoms with van der Waals surface area (Å²) < 4.78 is 5.37. The van der Waals surface area contributed by atoms with Crippen LogP contribution in [-0.4, -0.2) is 12.1 Å². The number of amides is 1. The number of aliphatic imine (C=N–C) groups is 1. The van der Waals surface area contributed by atoms with Crippen LogP contribution in [0.3, 0.4) is 0 Å². The fraction of sp³-hybridized carbons (Fsp3) is 0.333. The fourth-order valence-electron chi connectivity index (χ4n) is 3.73. The highest BCUT2D eigenvalue weighted by Gasteiger charge is 2.24. The summed E-state index contributed by atoms with van der Waals surface area (Å²) in [7, 11) is 0. The number of hydrogen-bond acceptors (Lipinski definition) is 4. The molecule has 0 radical (unpaired) electrons. The van der Waals surface area contributed by atoms with Crippen molar-refractivity contribution >= 4 is 34.1 Å². The molecule has 2 aromatic heterocycles. The van der Waals surface area contributed by atoms with Gasteiger partial charge in [0.15, 0.2) is 0 Å². The molecule has 0 saturated carbocycles. The molecule has 3 aromatic rings. The quantitative estimate of drug-likeness (QED) is 0.495. The van der Waals surface area contributed by atoms with Crippen LogP contribution in [0.5, 0.6) is 0 Å². The van der Waals surface area contributed by atoms with Crippen LogP contribution in [-0.2, 0) is 12.8 Å². The van der Waals surface area contributed by atoms with Gasteiger partial charge in [0.05, 0.1) is 18.0 Å². The van der Waals surface area contributed by atoms with Gasteiger partial charge in [-0.1, -0.05) is 18.9 Å². The molecule has 0 unspecified atom stereocenters. The van der Waals surface area contributed by atoms with Crippen molar-refractivity contribution in [2.24, 2.45) is 4.99 Å². The number of carbonyl (C=O) groups is 1. The first-order valence-corrected chi connectivity index (χ1v) is 11.0. The van der Waals surface area contributed by atoms with E-state index in [4.69, 9.17) is 4.42 Å². The van der Waals surface area contributed by atoms with E-state index in [9.17, 15) is 4.79 Å². The predicted molar refractivity (Wildman–Crippen MR) is 120 cm³/mol. The Bertz CT molecular complexity index is 1030. The summed E-state index contributed by atoms with van der Waals surface area (Å²) >= 11 is 1.65. The summed E-state index contributed by atoms with van der Waals surface area (Å²) in [4.78, 5) is 19.3. The van der Waals surface area contributed by atoms with E-state index in [0.29, 0.717) is 5.76 Å². The lowest BCUT2D eigenvalue weighted by atomic mass is 9.96. The van der Waals surface area contributed by atoms with Crippen molar-refractivity contribution < 1.29 is 9.21 Å². The number of furan rings is 1. The zero-order chi connectivity index (χ0) is 20.2. The minimum atomic E-state index is -0.0714. The number of anilines is 1. The van der Waals surface area contributed by atoms with Crippen LogP contribution in [0.4, 0.5) is 10.7 Å². The van der Waals surface area contributed by atoms with Crippen molar-refractivity contribution in [3.8, 4) is 0 Å². The molecule has 5 heteroatoms. The van der Waals surface area contributed by atoms with E-state index >= 15 is 0 Å². The van der Waals surface area contributed by atoms with E-state index in [1.54, 1.807) is 23.8 Å². The molecule has 1 N–H and O–H groups in total. The number of thiophene rings is 1. The number of aryl methyl sites for hydroxylation is 3. The molecule has 1 aromatic carbocycles. The molecule has 4 nitrogen and oxygen atoms in total. The second kappa shape index (κ2) is 8.78. The van der Waals surface area contributed by atoms with Crippen LogP contribution >= 0.6 is 11.3 Å². The maximum atomic E-state index is 13.3. The van der Waals surface area contributed by atoms with Gasteiger partial charge in [-0.05, 0) is 80.5 Å². The number of nitrogens with zero attached hydrogens (tertiary/aromatic N) is 1. The minimum absolute atomic E-state index is 0.0714. The smallest absolute Gasteiger partial charge is 0.259 e. The minimum Gasteiger partial charge on any atom is -0.463 e. The first-order chi connectivity index (χ1) is 14.1. The normalized spacial score (nSPS) is 14.4. The highest BCUT2D eigenvalue weighted by molar-refractivity contribution is 7.16. The molecule has 29 heavy (non-hydrogen) atoms. The largest absolute Gasteiger partial charge is 0.463 e. The number of benzene rings is 1. The SMILES string of the molecule is Cc1ccc(NC(=O)c2c(N=Cc3ccco3)sc3c2CCCCCC3)cc1C.